The Morgan fingerprint density at radius 2 is 2.19 bits per heavy atom. The van der Waals surface area contributed by atoms with Gasteiger partial charge >= 0.3 is 0 Å². The third-order valence-corrected chi connectivity index (χ3v) is 3.98. The normalized spacial score (nSPS) is 13.5. The highest BCUT2D eigenvalue weighted by atomic mass is 32.1. The molecule has 1 rings (SSSR count). The minimum atomic E-state index is 0.312. The number of nitrogens with one attached hydrogen (secondary N) is 2. The summed E-state index contributed by atoms with van der Waals surface area (Å²) in [6.07, 6.45) is 0. The van der Waals surface area contributed by atoms with Gasteiger partial charge in [-0.25, -0.2) is 0 Å². The highest BCUT2D eigenvalue weighted by Gasteiger charge is 2.14. The predicted octanol–water partition coefficient (Wildman–Crippen LogP) is 1.94. The van der Waals surface area contributed by atoms with Gasteiger partial charge in [0.15, 0.2) is 5.96 Å². The Labute approximate surface area is 132 Å². The van der Waals surface area contributed by atoms with Crippen molar-refractivity contribution in [1.82, 2.24) is 15.5 Å². The van der Waals surface area contributed by atoms with E-state index in [0.717, 1.165) is 32.2 Å². The zero-order chi connectivity index (χ0) is 15.5. The van der Waals surface area contributed by atoms with Crippen molar-refractivity contribution in [2.24, 2.45) is 4.99 Å². The maximum atomic E-state index is 5.33. The number of rotatable bonds is 9. The molecule has 120 valence electrons. The first-order valence-electron chi connectivity index (χ1n) is 7.48. The molecule has 0 aromatic carbocycles. The molecule has 0 spiro atoms. The summed E-state index contributed by atoms with van der Waals surface area (Å²) in [5.74, 6) is 0.848. The minimum absolute atomic E-state index is 0.312. The Morgan fingerprint density at radius 1 is 1.38 bits per heavy atom. The lowest BCUT2D eigenvalue weighted by molar-refractivity contribution is 0.152. The van der Waals surface area contributed by atoms with Crippen LogP contribution >= 0.6 is 11.3 Å². The molecule has 1 aromatic heterocycles. The topological polar surface area (TPSA) is 48.9 Å². The quantitative estimate of drug-likeness (QED) is 0.416. The third-order valence-electron chi connectivity index (χ3n) is 3.00. The van der Waals surface area contributed by atoms with Gasteiger partial charge in [-0.05, 0) is 39.4 Å². The number of ether oxygens (including phenoxy) is 1. The van der Waals surface area contributed by atoms with Crippen molar-refractivity contribution in [3.8, 4) is 0 Å². The average Bonchev–Trinajstić information content (AvgIpc) is 2.97. The molecule has 0 saturated heterocycles. The van der Waals surface area contributed by atoms with Crippen molar-refractivity contribution in [2.75, 3.05) is 46.9 Å². The molecular weight excluding hydrogens is 284 g/mol. The Hall–Kier alpha value is -1.11. The third kappa shape index (κ3) is 6.93. The van der Waals surface area contributed by atoms with Gasteiger partial charge in [-0.2, -0.15) is 0 Å². The molecule has 0 bridgehead atoms. The molecule has 2 N–H and O–H groups in total. The minimum Gasteiger partial charge on any atom is -0.380 e. The first-order chi connectivity index (χ1) is 10.2. The van der Waals surface area contributed by atoms with E-state index in [1.54, 1.807) is 11.3 Å². The number of hydrogen-bond acceptors (Lipinski definition) is 4. The van der Waals surface area contributed by atoms with Crippen LogP contribution in [0.2, 0.25) is 0 Å². The van der Waals surface area contributed by atoms with E-state index < -0.39 is 0 Å². The molecule has 21 heavy (non-hydrogen) atoms. The van der Waals surface area contributed by atoms with E-state index in [-0.39, 0.29) is 0 Å². The first-order valence-corrected chi connectivity index (χ1v) is 8.36. The number of likely N-dealkylation sites (N-methyl/N-ethyl adjacent to an activating group) is 1. The highest BCUT2D eigenvalue weighted by Crippen LogP contribution is 2.23. The van der Waals surface area contributed by atoms with Gasteiger partial charge in [0.25, 0.3) is 0 Å². The molecule has 1 aromatic rings. The van der Waals surface area contributed by atoms with Crippen LogP contribution in [0.15, 0.2) is 22.5 Å². The fourth-order valence-electron chi connectivity index (χ4n) is 1.89. The van der Waals surface area contributed by atoms with E-state index in [0.29, 0.717) is 12.6 Å². The van der Waals surface area contributed by atoms with Crippen molar-refractivity contribution in [3.05, 3.63) is 22.4 Å². The monoisotopic (exact) mass is 312 g/mol. The second-order valence-electron chi connectivity index (χ2n) is 4.84. The fourth-order valence-corrected chi connectivity index (χ4v) is 2.81. The zero-order valence-corrected chi connectivity index (χ0v) is 14.4. The van der Waals surface area contributed by atoms with Crippen LogP contribution in [0.25, 0.3) is 0 Å². The molecule has 0 amide bonds. The van der Waals surface area contributed by atoms with Gasteiger partial charge in [0.2, 0.25) is 0 Å². The van der Waals surface area contributed by atoms with Gasteiger partial charge < -0.3 is 20.3 Å². The summed E-state index contributed by atoms with van der Waals surface area (Å²) in [5, 5.41) is 8.67. The molecule has 0 saturated carbocycles. The molecule has 6 heteroatoms. The Bertz CT molecular complexity index is 392. The zero-order valence-electron chi connectivity index (χ0n) is 13.6. The maximum Gasteiger partial charge on any atom is 0.191 e. The molecule has 5 nitrogen and oxygen atoms in total. The predicted molar refractivity (Wildman–Crippen MR) is 91.2 cm³/mol. The number of nitrogens with zero attached hydrogens (tertiary/aromatic N) is 2. The lowest BCUT2D eigenvalue weighted by Crippen LogP contribution is -2.39. The van der Waals surface area contributed by atoms with Crippen LogP contribution < -0.4 is 10.6 Å². The van der Waals surface area contributed by atoms with Gasteiger partial charge in [-0.3, -0.25) is 4.99 Å². The summed E-state index contributed by atoms with van der Waals surface area (Å²) in [6.45, 7) is 7.87. The summed E-state index contributed by atoms with van der Waals surface area (Å²) < 4.78 is 5.33. The SMILES string of the molecule is CCNC(=NCC(c1cccs1)N(C)C)NCCOCC. The largest absolute Gasteiger partial charge is 0.380 e. The smallest absolute Gasteiger partial charge is 0.191 e. The Kier molecular flexibility index (Phi) is 9.05. The van der Waals surface area contributed by atoms with Crippen molar-refractivity contribution >= 4 is 17.3 Å². The van der Waals surface area contributed by atoms with Crippen LogP contribution in [0.5, 0.6) is 0 Å². The van der Waals surface area contributed by atoms with Gasteiger partial charge in [-0.1, -0.05) is 6.07 Å². The van der Waals surface area contributed by atoms with E-state index in [1.165, 1.54) is 4.88 Å². The molecule has 0 fully saturated rings. The second kappa shape index (κ2) is 10.6. The van der Waals surface area contributed by atoms with Crippen LogP contribution in [-0.2, 0) is 4.74 Å². The van der Waals surface area contributed by atoms with E-state index in [2.05, 4.69) is 54.1 Å². The summed E-state index contributed by atoms with van der Waals surface area (Å²) >= 11 is 1.78. The van der Waals surface area contributed by atoms with Crippen LogP contribution in [0, 0.1) is 0 Å². The molecule has 0 aliphatic carbocycles. The van der Waals surface area contributed by atoms with Gasteiger partial charge in [0.1, 0.15) is 0 Å². The van der Waals surface area contributed by atoms with Crippen LogP contribution in [0.4, 0.5) is 0 Å². The van der Waals surface area contributed by atoms with Crippen molar-refractivity contribution in [2.45, 2.75) is 19.9 Å². The van der Waals surface area contributed by atoms with Crippen LogP contribution in [0.1, 0.15) is 24.8 Å². The lowest BCUT2D eigenvalue weighted by atomic mass is 10.2. The first kappa shape index (κ1) is 17.9. The average molecular weight is 312 g/mol. The highest BCUT2D eigenvalue weighted by molar-refractivity contribution is 7.10. The Balaban J connectivity index is 2.57. The van der Waals surface area contributed by atoms with Gasteiger partial charge in [-0.15, -0.1) is 11.3 Å². The molecule has 1 atom stereocenters. The molecular formula is C15H28N4OS. The van der Waals surface area contributed by atoms with E-state index in [1.807, 2.05) is 6.92 Å². The fraction of sp³-hybridized carbons (Fsp3) is 0.667. The summed E-state index contributed by atoms with van der Waals surface area (Å²) in [7, 11) is 4.19. The number of thiophene rings is 1. The Morgan fingerprint density at radius 3 is 2.76 bits per heavy atom. The summed E-state index contributed by atoms with van der Waals surface area (Å²) in [6, 6.07) is 4.57. The van der Waals surface area contributed by atoms with E-state index >= 15 is 0 Å². The van der Waals surface area contributed by atoms with Gasteiger partial charge in [0.05, 0.1) is 19.2 Å². The van der Waals surface area contributed by atoms with Crippen molar-refractivity contribution < 1.29 is 4.74 Å². The van der Waals surface area contributed by atoms with Crippen molar-refractivity contribution in [1.29, 1.82) is 0 Å². The second-order valence-corrected chi connectivity index (χ2v) is 5.82. The van der Waals surface area contributed by atoms with Crippen molar-refractivity contribution in [3.63, 3.8) is 0 Å². The summed E-state index contributed by atoms with van der Waals surface area (Å²) in [4.78, 5) is 8.24. The molecule has 0 aliphatic heterocycles. The molecule has 1 heterocycles. The van der Waals surface area contributed by atoms with Crippen LogP contribution in [-0.4, -0.2) is 57.8 Å². The van der Waals surface area contributed by atoms with E-state index in [4.69, 9.17) is 9.73 Å². The van der Waals surface area contributed by atoms with E-state index in [9.17, 15) is 0 Å². The maximum absolute atomic E-state index is 5.33. The standard InChI is InChI=1S/C15H28N4OS/c1-5-16-15(17-9-10-20-6-2)18-12-13(19(3)4)14-8-7-11-21-14/h7-8,11,13H,5-6,9-10,12H2,1-4H3,(H2,16,17,18). The number of aliphatic imine (C=N–C) groups is 1. The number of guanidine groups is 1. The van der Waals surface area contributed by atoms with Gasteiger partial charge in [0, 0.05) is 24.6 Å². The molecule has 0 radical (unpaired) electrons. The molecule has 0 aliphatic rings. The summed E-state index contributed by atoms with van der Waals surface area (Å²) in [5.41, 5.74) is 0. The van der Waals surface area contributed by atoms with Crippen LogP contribution in [0.3, 0.4) is 0 Å². The number of hydrogen-bond donors (Lipinski definition) is 2. The lowest BCUT2D eigenvalue weighted by Gasteiger charge is -2.22. The molecule has 1 unspecified atom stereocenters.